The van der Waals surface area contributed by atoms with Crippen molar-refractivity contribution in [3.05, 3.63) is 18.4 Å². The lowest BCUT2D eigenvalue weighted by atomic mass is 10.3. The summed E-state index contributed by atoms with van der Waals surface area (Å²) in [5.74, 6) is 0. The Morgan fingerprint density at radius 2 is 1.85 bits per heavy atom. The molecule has 0 aliphatic rings. The summed E-state index contributed by atoms with van der Waals surface area (Å²) in [7, 11) is 1.98. The fraction of sp³-hybridized carbons (Fsp3) is 0.667. The SMILES string of the molecule is C=C=CCNCCCCNC.Cl.Cl. The summed E-state index contributed by atoms with van der Waals surface area (Å²) < 4.78 is 0. The fourth-order valence-electron chi connectivity index (χ4n) is 0.798. The van der Waals surface area contributed by atoms with Gasteiger partial charge in [-0.25, -0.2) is 0 Å². The second kappa shape index (κ2) is 17.9. The maximum atomic E-state index is 3.48. The Morgan fingerprint density at radius 3 is 2.38 bits per heavy atom. The van der Waals surface area contributed by atoms with Crippen molar-refractivity contribution in [2.24, 2.45) is 0 Å². The zero-order valence-electron chi connectivity index (χ0n) is 8.14. The van der Waals surface area contributed by atoms with Gasteiger partial charge in [0.15, 0.2) is 0 Å². The predicted octanol–water partition coefficient (Wildman–Crippen LogP) is 1.76. The van der Waals surface area contributed by atoms with Gasteiger partial charge in [-0.2, -0.15) is 0 Å². The van der Waals surface area contributed by atoms with Crippen LogP contribution in [0.2, 0.25) is 0 Å². The summed E-state index contributed by atoms with van der Waals surface area (Å²) in [6.45, 7) is 6.56. The molecule has 0 heterocycles. The number of rotatable bonds is 7. The molecule has 0 radical (unpaired) electrons. The molecule has 0 aliphatic carbocycles. The summed E-state index contributed by atoms with van der Waals surface area (Å²) in [6.07, 6.45) is 4.37. The van der Waals surface area contributed by atoms with Crippen LogP contribution in [0.5, 0.6) is 0 Å². The Kier molecular flexibility index (Phi) is 25.9. The Morgan fingerprint density at radius 1 is 1.23 bits per heavy atom. The first-order chi connectivity index (χ1) is 5.41. The molecular weight excluding hydrogens is 207 g/mol. The van der Waals surface area contributed by atoms with Crippen LogP contribution in [0.1, 0.15) is 12.8 Å². The summed E-state index contributed by atoms with van der Waals surface area (Å²) >= 11 is 0. The van der Waals surface area contributed by atoms with E-state index < -0.39 is 0 Å². The van der Waals surface area contributed by atoms with Crippen LogP contribution < -0.4 is 10.6 Å². The second-order valence-corrected chi connectivity index (χ2v) is 2.42. The van der Waals surface area contributed by atoms with Crippen molar-refractivity contribution in [1.29, 1.82) is 0 Å². The highest BCUT2D eigenvalue weighted by Gasteiger charge is 1.84. The molecule has 4 heteroatoms. The summed E-state index contributed by atoms with van der Waals surface area (Å²) in [5, 5.41) is 6.37. The summed E-state index contributed by atoms with van der Waals surface area (Å²) in [6, 6.07) is 0. The van der Waals surface area contributed by atoms with Gasteiger partial charge in [-0.1, -0.05) is 6.58 Å². The molecule has 0 rings (SSSR count). The van der Waals surface area contributed by atoms with Crippen molar-refractivity contribution in [3.8, 4) is 0 Å². The van der Waals surface area contributed by atoms with Crippen LogP contribution in [0.4, 0.5) is 0 Å². The van der Waals surface area contributed by atoms with Gasteiger partial charge in [-0.05, 0) is 39.1 Å². The van der Waals surface area contributed by atoms with Crippen LogP contribution in [-0.4, -0.2) is 26.7 Å². The van der Waals surface area contributed by atoms with Gasteiger partial charge in [0, 0.05) is 6.54 Å². The Bertz CT molecular complexity index is 123. The van der Waals surface area contributed by atoms with Crippen LogP contribution >= 0.6 is 24.8 Å². The molecule has 0 saturated carbocycles. The lowest BCUT2D eigenvalue weighted by Crippen LogP contribution is -2.16. The Balaban J connectivity index is -0.000000500. The first-order valence-corrected chi connectivity index (χ1v) is 4.11. The number of unbranched alkanes of at least 4 members (excludes halogenated alkanes) is 1. The molecule has 0 aliphatic heterocycles. The molecule has 0 amide bonds. The fourth-order valence-corrected chi connectivity index (χ4v) is 0.798. The summed E-state index contributed by atoms with van der Waals surface area (Å²) in [5.41, 5.74) is 2.72. The van der Waals surface area contributed by atoms with E-state index in [-0.39, 0.29) is 24.8 Å². The number of hydrogen-bond donors (Lipinski definition) is 2. The lowest BCUT2D eigenvalue weighted by Gasteiger charge is -2.00. The third-order valence-corrected chi connectivity index (χ3v) is 1.42. The van der Waals surface area contributed by atoms with Crippen molar-refractivity contribution in [2.75, 3.05) is 26.7 Å². The molecule has 0 aromatic heterocycles. The van der Waals surface area contributed by atoms with E-state index in [9.17, 15) is 0 Å². The van der Waals surface area contributed by atoms with Crippen LogP contribution in [0.25, 0.3) is 0 Å². The average Bonchev–Trinajstić information content (AvgIpc) is 2.03. The van der Waals surface area contributed by atoms with E-state index in [1.807, 2.05) is 13.1 Å². The molecule has 0 spiro atoms. The first-order valence-electron chi connectivity index (χ1n) is 4.11. The maximum absolute atomic E-state index is 3.48. The topological polar surface area (TPSA) is 24.1 Å². The quantitative estimate of drug-likeness (QED) is 0.511. The van der Waals surface area contributed by atoms with Gasteiger partial charge >= 0.3 is 0 Å². The van der Waals surface area contributed by atoms with Crippen molar-refractivity contribution in [1.82, 2.24) is 10.6 Å². The lowest BCUT2D eigenvalue weighted by molar-refractivity contribution is 0.629. The number of hydrogen-bond acceptors (Lipinski definition) is 2. The van der Waals surface area contributed by atoms with E-state index in [0.29, 0.717) is 0 Å². The minimum atomic E-state index is 0. The zero-order chi connectivity index (χ0) is 8.36. The molecule has 2 nitrogen and oxygen atoms in total. The highest BCUT2D eigenvalue weighted by molar-refractivity contribution is 5.85. The molecule has 0 saturated heterocycles. The molecular formula is C9H20Cl2N2. The standard InChI is InChI=1S/C9H18N2.2ClH/c1-3-4-8-11-9-6-5-7-10-2;;/h4,10-11H,1,5-9H2,2H3;2*1H. The van der Waals surface area contributed by atoms with Crippen LogP contribution in [0.15, 0.2) is 18.4 Å². The van der Waals surface area contributed by atoms with E-state index in [1.165, 1.54) is 12.8 Å². The Labute approximate surface area is 93.7 Å². The molecule has 0 atom stereocenters. The average molecular weight is 227 g/mol. The largest absolute Gasteiger partial charge is 0.320 e. The van der Waals surface area contributed by atoms with E-state index in [0.717, 1.165) is 19.6 Å². The first kappa shape index (κ1) is 18.7. The van der Waals surface area contributed by atoms with Gasteiger partial charge in [-0.15, -0.1) is 30.5 Å². The molecule has 80 valence electrons. The molecule has 0 bridgehead atoms. The van der Waals surface area contributed by atoms with Crippen LogP contribution in [-0.2, 0) is 0 Å². The molecule has 0 aromatic rings. The Hall–Kier alpha value is 0.0200. The van der Waals surface area contributed by atoms with Gasteiger partial charge in [0.1, 0.15) is 0 Å². The zero-order valence-corrected chi connectivity index (χ0v) is 9.77. The normalized spacial score (nSPS) is 7.77. The van der Waals surface area contributed by atoms with Crippen molar-refractivity contribution in [3.63, 3.8) is 0 Å². The smallest absolute Gasteiger partial charge is 0.0209 e. The second-order valence-electron chi connectivity index (χ2n) is 2.42. The number of halogens is 2. The molecule has 0 unspecified atom stereocenters. The van der Waals surface area contributed by atoms with Crippen LogP contribution in [0.3, 0.4) is 0 Å². The maximum Gasteiger partial charge on any atom is 0.0209 e. The van der Waals surface area contributed by atoms with Crippen molar-refractivity contribution in [2.45, 2.75) is 12.8 Å². The van der Waals surface area contributed by atoms with Gasteiger partial charge < -0.3 is 10.6 Å². The monoisotopic (exact) mass is 226 g/mol. The highest BCUT2D eigenvalue weighted by Crippen LogP contribution is 1.82. The third kappa shape index (κ3) is 18.8. The van der Waals surface area contributed by atoms with Gasteiger partial charge in [0.25, 0.3) is 0 Å². The minimum Gasteiger partial charge on any atom is -0.320 e. The minimum absolute atomic E-state index is 0. The third-order valence-electron chi connectivity index (χ3n) is 1.42. The van der Waals surface area contributed by atoms with E-state index >= 15 is 0 Å². The predicted molar refractivity (Wildman–Crippen MR) is 64.2 cm³/mol. The summed E-state index contributed by atoms with van der Waals surface area (Å²) in [4.78, 5) is 0. The van der Waals surface area contributed by atoms with Crippen LogP contribution in [0, 0.1) is 0 Å². The van der Waals surface area contributed by atoms with E-state index in [1.54, 1.807) is 0 Å². The van der Waals surface area contributed by atoms with Crippen molar-refractivity contribution >= 4 is 24.8 Å². The van der Waals surface area contributed by atoms with Gasteiger partial charge in [-0.3, -0.25) is 0 Å². The van der Waals surface area contributed by atoms with E-state index in [4.69, 9.17) is 0 Å². The van der Waals surface area contributed by atoms with Gasteiger partial charge in [0.2, 0.25) is 0 Å². The molecule has 0 aromatic carbocycles. The molecule has 0 fully saturated rings. The van der Waals surface area contributed by atoms with Gasteiger partial charge in [0.05, 0.1) is 0 Å². The van der Waals surface area contributed by atoms with Crippen molar-refractivity contribution < 1.29 is 0 Å². The molecule has 13 heavy (non-hydrogen) atoms. The molecule has 2 N–H and O–H groups in total. The highest BCUT2D eigenvalue weighted by atomic mass is 35.5. The van der Waals surface area contributed by atoms with E-state index in [2.05, 4.69) is 22.9 Å². The number of nitrogens with one attached hydrogen (secondary N) is 2.